The molecule has 3 aromatic rings. The number of fused-ring (bicyclic) bond motifs is 1. The van der Waals surface area contributed by atoms with E-state index in [-0.39, 0.29) is 11.7 Å². The van der Waals surface area contributed by atoms with Crippen molar-refractivity contribution in [2.75, 3.05) is 26.3 Å². The van der Waals surface area contributed by atoms with Gasteiger partial charge < -0.3 is 14.6 Å². The molecule has 0 atom stereocenters. The van der Waals surface area contributed by atoms with Gasteiger partial charge in [0.2, 0.25) is 5.91 Å². The van der Waals surface area contributed by atoms with Crippen LogP contribution in [0, 0.1) is 5.82 Å². The molecule has 1 aliphatic heterocycles. The van der Waals surface area contributed by atoms with Gasteiger partial charge in [0.15, 0.2) is 0 Å². The van der Waals surface area contributed by atoms with Gasteiger partial charge in [0.1, 0.15) is 11.5 Å². The number of nitrogens with one attached hydrogen (secondary N) is 1. The van der Waals surface area contributed by atoms with E-state index < -0.39 is 0 Å². The van der Waals surface area contributed by atoms with Crippen molar-refractivity contribution in [3.63, 3.8) is 0 Å². The van der Waals surface area contributed by atoms with Crippen molar-refractivity contribution in [2.24, 2.45) is 0 Å². The first-order chi connectivity index (χ1) is 12.2. The number of aromatic amines is 1. The Labute approximate surface area is 144 Å². The lowest BCUT2D eigenvalue weighted by Crippen LogP contribution is -2.41. The van der Waals surface area contributed by atoms with E-state index in [1.165, 1.54) is 12.1 Å². The van der Waals surface area contributed by atoms with Crippen molar-refractivity contribution in [1.29, 1.82) is 0 Å². The monoisotopic (exact) mass is 339 g/mol. The smallest absolute Gasteiger partial charge is 0.227 e. The van der Waals surface area contributed by atoms with E-state index in [4.69, 9.17) is 4.74 Å². The van der Waals surface area contributed by atoms with E-state index in [1.807, 2.05) is 17.2 Å². The number of H-pyrrole nitrogens is 1. The summed E-state index contributed by atoms with van der Waals surface area (Å²) in [7, 11) is 0. The highest BCUT2D eigenvalue weighted by molar-refractivity contribution is 5.89. The van der Waals surface area contributed by atoms with Crippen molar-refractivity contribution in [3.8, 4) is 11.1 Å². The van der Waals surface area contributed by atoms with E-state index in [9.17, 15) is 9.18 Å². The van der Waals surface area contributed by atoms with E-state index in [2.05, 4.69) is 9.97 Å². The third-order valence-electron chi connectivity index (χ3n) is 4.50. The number of nitrogens with zero attached hydrogens (tertiary/aromatic N) is 2. The fourth-order valence-electron chi connectivity index (χ4n) is 3.09. The first kappa shape index (κ1) is 15.8. The Morgan fingerprint density at radius 2 is 1.96 bits per heavy atom. The minimum absolute atomic E-state index is 0.0939. The van der Waals surface area contributed by atoms with Gasteiger partial charge in [-0.3, -0.25) is 4.79 Å². The lowest BCUT2D eigenvalue weighted by Gasteiger charge is -2.26. The largest absolute Gasteiger partial charge is 0.378 e. The third kappa shape index (κ3) is 3.25. The maximum absolute atomic E-state index is 13.1. The predicted octanol–water partition coefficient (Wildman–Crippen LogP) is 2.77. The molecule has 1 aliphatic rings. The maximum atomic E-state index is 13.1. The summed E-state index contributed by atoms with van der Waals surface area (Å²) >= 11 is 0. The van der Waals surface area contributed by atoms with Gasteiger partial charge in [0, 0.05) is 36.4 Å². The molecule has 6 heteroatoms. The molecule has 0 aliphatic carbocycles. The third-order valence-corrected chi connectivity index (χ3v) is 4.50. The maximum Gasteiger partial charge on any atom is 0.227 e. The Hall–Kier alpha value is -2.73. The number of hydrogen-bond donors (Lipinski definition) is 1. The fourth-order valence-corrected chi connectivity index (χ4v) is 3.09. The molecule has 1 saturated heterocycles. The van der Waals surface area contributed by atoms with Crippen LogP contribution < -0.4 is 0 Å². The van der Waals surface area contributed by atoms with Gasteiger partial charge >= 0.3 is 0 Å². The highest BCUT2D eigenvalue weighted by Gasteiger charge is 2.19. The van der Waals surface area contributed by atoms with Gasteiger partial charge in [-0.15, -0.1) is 0 Å². The number of pyridine rings is 1. The highest BCUT2D eigenvalue weighted by atomic mass is 19.1. The highest BCUT2D eigenvalue weighted by Crippen LogP contribution is 2.25. The second-order valence-corrected chi connectivity index (χ2v) is 6.11. The molecule has 0 radical (unpaired) electrons. The lowest BCUT2D eigenvalue weighted by atomic mass is 10.0. The number of morpholine rings is 1. The van der Waals surface area contributed by atoms with Crippen molar-refractivity contribution in [1.82, 2.24) is 14.9 Å². The van der Waals surface area contributed by atoms with Gasteiger partial charge in [-0.2, -0.15) is 0 Å². The zero-order valence-corrected chi connectivity index (χ0v) is 13.7. The number of rotatable bonds is 3. The molecule has 5 nitrogen and oxygen atoms in total. The zero-order valence-electron chi connectivity index (χ0n) is 13.7. The Balaban J connectivity index is 1.62. The fraction of sp³-hybridized carbons (Fsp3) is 0.263. The standard InChI is InChI=1S/C19H18FN3O2/c20-16-3-1-13(2-4-16)14-9-17-15(12-22-19(17)21-11-14)10-18(24)23-5-7-25-8-6-23/h1-4,9,11-12H,5-8,10H2,(H,21,22). The molecule has 0 bridgehead atoms. The Kier molecular flexibility index (Phi) is 4.19. The van der Waals surface area contributed by atoms with Crippen LogP contribution in [0.1, 0.15) is 5.56 Å². The number of aromatic nitrogens is 2. The number of hydrogen-bond acceptors (Lipinski definition) is 3. The quantitative estimate of drug-likeness (QED) is 0.798. The number of halogens is 1. The van der Waals surface area contributed by atoms with E-state index in [0.717, 1.165) is 27.7 Å². The summed E-state index contributed by atoms with van der Waals surface area (Å²) in [6.07, 6.45) is 3.92. The van der Waals surface area contributed by atoms with Crippen LogP contribution in [0.5, 0.6) is 0 Å². The SMILES string of the molecule is O=C(Cc1c[nH]c2ncc(-c3ccc(F)cc3)cc12)N1CCOCC1. The van der Waals surface area contributed by atoms with Crippen LogP contribution in [-0.4, -0.2) is 47.1 Å². The summed E-state index contributed by atoms with van der Waals surface area (Å²) in [6.45, 7) is 2.46. The number of ether oxygens (including phenoxy) is 1. The molecule has 2 aromatic heterocycles. The molecule has 3 heterocycles. The number of carbonyl (C=O) groups excluding carboxylic acids is 1. The van der Waals surface area contributed by atoms with E-state index >= 15 is 0 Å². The van der Waals surface area contributed by atoms with Crippen molar-refractivity contribution >= 4 is 16.9 Å². The Bertz CT molecular complexity index is 899. The van der Waals surface area contributed by atoms with Crippen LogP contribution in [0.15, 0.2) is 42.7 Å². The second-order valence-electron chi connectivity index (χ2n) is 6.11. The van der Waals surface area contributed by atoms with Crippen molar-refractivity contribution in [2.45, 2.75) is 6.42 Å². The molecular formula is C19H18FN3O2. The van der Waals surface area contributed by atoms with Gasteiger partial charge in [-0.1, -0.05) is 12.1 Å². The molecule has 0 unspecified atom stereocenters. The molecule has 4 rings (SSSR count). The summed E-state index contributed by atoms with van der Waals surface area (Å²) in [5, 5.41) is 0.920. The molecule has 1 N–H and O–H groups in total. The summed E-state index contributed by atoms with van der Waals surface area (Å²) in [5.74, 6) is -0.174. The zero-order chi connectivity index (χ0) is 17.2. The van der Waals surface area contributed by atoms with E-state index in [0.29, 0.717) is 32.7 Å². The molecule has 1 aromatic carbocycles. The summed E-state index contributed by atoms with van der Waals surface area (Å²) in [6, 6.07) is 8.31. The number of amides is 1. The first-order valence-electron chi connectivity index (χ1n) is 8.28. The molecule has 0 spiro atoms. The van der Waals surface area contributed by atoms with Gasteiger partial charge in [0.25, 0.3) is 0 Å². The van der Waals surface area contributed by atoms with Crippen LogP contribution in [0.25, 0.3) is 22.2 Å². The van der Waals surface area contributed by atoms with Crippen LogP contribution in [-0.2, 0) is 16.0 Å². The number of carbonyl (C=O) groups is 1. The average molecular weight is 339 g/mol. The van der Waals surface area contributed by atoms with Crippen LogP contribution in [0.3, 0.4) is 0 Å². The Morgan fingerprint density at radius 1 is 1.20 bits per heavy atom. The minimum Gasteiger partial charge on any atom is -0.378 e. The van der Waals surface area contributed by atoms with Crippen LogP contribution in [0.2, 0.25) is 0 Å². The molecule has 1 amide bonds. The lowest BCUT2D eigenvalue weighted by molar-refractivity contribution is -0.134. The minimum atomic E-state index is -0.267. The summed E-state index contributed by atoms with van der Waals surface area (Å²) in [4.78, 5) is 21.9. The second kappa shape index (κ2) is 6.64. The molecule has 128 valence electrons. The predicted molar refractivity (Wildman–Crippen MR) is 92.6 cm³/mol. The Morgan fingerprint density at radius 3 is 2.72 bits per heavy atom. The summed E-state index contributed by atoms with van der Waals surface area (Å²) < 4.78 is 18.4. The molecule has 25 heavy (non-hydrogen) atoms. The summed E-state index contributed by atoms with van der Waals surface area (Å²) in [5.41, 5.74) is 3.45. The van der Waals surface area contributed by atoms with Crippen LogP contribution in [0.4, 0.5) is 4.39 Å². The first-order valence-corrected chi connectivity index (χ1v) is 8.28. The van der Waals surface area contributed by atoms with Gasteiger partial charge in [-0.05, 0) is 29.3 Å². The van der Waals surface area contributed by atoms with E-state index in [1.54, 1.807) is 18.3 Å². The molecule has 1 fully saturated rings. The van der Waals surface area contributed by atoms with Crippen LogP contribution >= 0.6 is 0 Å². The molecule has 0 saturated carbocycles. The van der Waals surface area contributed by atoms with Crippen molar-refractivity contribution < 1.29 is 13.9 Å². The topological polar surface area (TPSA) is 58.2 Å². The number of benzene rings is 1. The average Bonchev–Trinajstić information content (AvgIpc) is 3.05. The molecular weight excluding hydrogens is 321 g/mol. The van der Waals surface area contributed by atoms with Crippen molar-refractivity contribution in [3.05, 3.63) is 54.1 Å². The normalized spacial score (nSPS) is 14.8. The van der Waals surface area contributed by atoms with Gasteiger partial charge in [0.05, 0.1) is 19.6 Å². The van der Waals surface area contributed by atoms with Gasteiger partial charge in [-0.25, -0.2) is 9.37 Å².